The zero-order chi connectivity index (χ0) is 28.9. The molecule has 0 saturated carbocycles. The number of hydrogen-bond acceptors (Lipinski definition) is 3. The van der Waals surface area contributed by atoms with Crippen LogP contribution in [0.25, 0.3) is 0 Å². The van der Waals surface area contributed by atoms with E-state index in [1.165, 1.54) is 180 Å². The van der Waals surface area contributed by atoms with Gasteiger partial charge in [-0.1, -0.05) is 203 Å². The Hall–Kier alpha value is 1.05. The van der Waals surface area contributed by atoms with E-state index in [1.807, 2.05) is 0 Å². The molecular weight excluding hydrogens is 529 g/mol. The Morgan fingerprint density at radius 2 is 0.513 bits per heavy atom. The smallest absolute Gasteiger partial charge is 0.0243 e. The van der Waals surface area contributed by atoms with Gasteiger partial charge in [-0.05, 0) is 49.4 Å². The topological polar surface area (TPSA) is 0 Å². The lowest BCUT2D eigenvalue weighted by Gasteiger charge is -2.32. The zero-order valence-electron chi connectivity index (χ0n) is 28.0. The summed E-state index contributed by atoms with van der Waals surface area (Å²) in [6.07, 6.45) is 39.8. The standard InChI is InChI=1S/C36H74S3/c1-7-11-15-19-23-27-31-35(5,32-28-24-20-16-12-8-2)37-39-38-36(6,33-29-25-21-17-13-9-3)34-30-26-22-18-14-10-4/h7-34H2,1-6H3. The third-order valence-electron chi connectivity index (χ3n) is 8.71. The van der Waals surface area contributed by atoms with E-state index < -0.39 is 0 Å². The Balaban J connectivity index is 4.81. The molecule has 3 heteroatoms. The van der Waals surface area contributed by atoms with Crippen LogP contribution < -0.4 is 0 Å². The van der Waals surface area contributed by atoms with E-state index in [2.05, 4.69) is 73.0 Å². The fourth-order valence-electron chi connectivity index (χ4n) is 5.72. The van der Waals surface area contributed by atoms with Crippen molar-refractivity contribution in [1.29, 1.82) is 0 Å². The molecule has 0 bridgehead atoms. The maximum absolute atomic E-state index is 2.61. The molecule has 0 N–H and O–H groups in total. The van der Waals surface area contributed by atoms with Crippen molar-refractivity contribution in [3.63, 3.8) is 0 Å². The summed E-state index contributed by atoms with van der Waals surface area (Å²) in [6.45, 7) is 14.5. The van der Waals surface area contributed by atoms with Crippen LogP contribution in [0.1, 0.15) is 221 Å². The summed E-state index contributed by atoms with van der Waals surface area (Å²) in [6, 6.07) is 0. The predicted octanol–water partition coefficient (Wildman–Crippen LogP) is 15.5. The van der Waals surface area contributed by atoms with Gasteiger partial charge in [0.05, 0.1) is 0 Å². The highest BCUT2D eigenvalue weighted by Crippen LogP contribution is 2.54. The molecule has 0 aliphatic carbocycles. The average Bonchev–Trinajstić information content (AvgIpc) is 2.92. The first kappa shape index (κ1) is 40.1. The van der Waals surface area contributed by atoms with Crippen LogP contribution in [0.4, 0.5) is 0 Å². The van der Waals surface area contributed by atoms with Crippen molar-refractivity contribution in [1.82, 2.24) is 0 Å². The Morgan fingerprint density at radius 3 is 0.744 bits per heavy atom. The van der Waals surface area contributed by atoms with Crippen molar-refractivity contribution >= 4 is 31.4 Å². The quantitative estimate of drug-likeness (QED) is 0.0555. The molecule has 0 unspecified atom stereocenters. The van der Waals surface area contributed by atoms with Crippen molar-refractivity contribution in [2.75, 3.05) is 0 Å². The Kier molecular flexibility index (Phi) is 29.9. The first-order valence-electron chi connectivity index (χ1n) is 18.0. The van der Waals surface area contributed by atoms with Gasteiger partial charge in [-0.25, -0.2) is 0 Å². The van der Waals surface area contributed by atoms with Gasteiger partial charge in [-0.2, -0.15) is 0 Å². The van der Waals surface area contributed by atoms with E-state index in [0.717, 1.165) is 0 Å². The van der Waals surface area contributed by atoms with Gasteiger partial charge in [-0.15, -0.1) is 0 Å². The lowest BCUT2D eigenvalue weighted by molar-refractivity contribution is 0.468. The number of hydrogen-bond donors (Lipinski definition) is 0. The molecule has 0 aromatic rings. The highest BCUT2D eigenvalue weighted by Gasteiger charge is 2.29. The molecule has 0 fully saturated rings. The second-order valence-electron chi connectivity index (χ2n) is 13.2. The van der Waals surface area contributed by atoms with E-state index in [9.17, 15) is 0 Å². The fraction of sp³-hybridized carbons (Fsp3) is 1.00. The molecule has 0 aromatic heterocycles. The van der Waals surface area contributed by atoms with Gasteiger partial charge < -0.3 is 0 Å². The van der Waals surface area contributed by atoms with Crippen LogP contribution >= 0.6 is 31.4 Å². The molecule has 0 nitrogen and oxygen atoms in total. The van der Waals surface area contributed by atoms with Gasteiger partial charge in [0.1, 0.15) is 0 Å². The molecule has 0 atom stereocenters. The minimum Gasteiger partial charge on any atom is -0.0760 e. The highest BCUT2D eigenvalue weighted by molar-refractivity contribution is 9.09. The molecule has 39 heavy (non-hydrogen) atoms. The SMILES string of the molecule is CCCCCCCCC(C)(CCCCCCCC)SSSC(C)(CCCCCCCC)CCCCCCCC. The van der Waals surface area contributed by atoms with Crippen LogP contribution in [0.3, 0.4) is 0 Å². The van der Waals surface area contributed by atoms with Crippen LogP contribution in [0.15, 0.2) is 0 Å². The summed E-state index contributed by atoms with van der Waals surface area (Å²) in [7, 11) is 6.72. The zero-order valence-corrected chi connectivity index (χ0v) is 30.5. The van der Waals surface area contributed by atoms with Crippen LogP contribution in [0.5, 0.6) is 0 Å². The molecule has 0 aromatic carbocycles. The van der Waals surface area contributed by atoms with Crippen molar-refractivity contribution in [3.05, 3.63) is 0 Å². The van der Waals surface area contributed by atoms with Gasteiger partial charge in [0.2, 0.25) is 0 Å². The molecule has 236 valence electrons. The molecule has 0 spiro atoms. The van der Waals surface area contributed by atoms with Crippen LogP contribution in [0, 0.1) is 0 Å². The molecular formula is C36H74S3. The monoisotopic (exact) mass is 602 g/mol. The number of rotatable bonds is 32. The van der Waals surface area contributed by atoms with Gasteiger partial charge in [0, 0.05) is 9.49 Å². The van der Waals surface area contributed by atoms with E-state index >= 15 is 0 Å². The molecule has 0 saturated heterocycles. The van der Waals surface area contributed by atoms with Gasteiger partial charge in [-0.3, -0.25) is 0 Å². The summed E-state index contributed by atoms with van der Waals surface area (Å²) >= 11 is 0. The molecule has 0 aliphatic rings. The molecule has 0 aliphatic heterocycles. The minimum absolute atomic E-state index is 0.453. The third-order valence-corrected chi connectivity index (χ3v) is 14.5. The van der Waals surface area contributed by atoms with Crippen molar-refractivity contribution in [3.8, 4) is 0 Å². The predicted molar refractivity (Wildman–Crippen MR) is 192 cm³/mol. The summed E-state index contributed by atoms with van der Waals surface area (Å²) in [5.74, 6) is 0. The largest absolute Gasteiger partial charge is 0.0760 e. The molecule has 0 rings (SSSR count). The Morgan fingerprint density at radius 1 is 0.308 bits per heavy atom. The first-order chi connectivity index (χ1) is 18.9. The lowest BCUT2D eigenvalue weighted by Crippen LogP contribution is -2.21. The molecule has 0 radical (unpaired) electrons. The van der Waals surface area contributed by atoms with E-state index in [1.54, 1.807) is 0 Å². The normalized spacial score (nSPS) is 12.5. The van der Waals surface area contributed by atoms with Crippen LogP contribution in [0.2, 0.25) is 0 Å². The summed E-state index contributed by atoms with van der Waals surface area (Å²) in [4.78, 5) is 0. The molecule has 0 heterocycles. The maximum Gasteiger partial charge on any atom is 0.0243 e. The number of unbranched alkanes of at least 4 members (excludes halogenated alkanes) is 20. The summed E-state index contributed by atoms with van der Waals surface area (Å²) in [5.41, 5.74) is 0. The maximum atomic E-state index is 2.61. The van der Waals surface area contributed by atoms with Crippen LogP contribution in [-0.2, 0) is 0 Å². The second-order valence-corrected chi connectivity index (χ2v) is 18.3. The first-order valence-corrected chi connectivity index (χ1v) is 21.5. The van der Waals surface area contributed by atoms with E-state index in [4.69, 9.17) is 0 Å². The van der Waals surface area contributed by atoms with Crippen molar-refractivity contribution < 1.29 is 0 Å². The van der Waals surface area contributed by atoms with Crippen molar-refractivity contribution in [2.24, 2.45) is 0 Å². The Labute approximate surface area is 261 Å². The summed E-state index contributed by atoms with van der Waals surface area (Å²) < 4.78 is 0.906. The molecule has 0 amide bonds. The van der Waals surface area contributed by atoms with Gasteiger partial charge in [0.25, 0.3) is 0 Å². The van der Waals surface area contributed by atoms with Gasteiger partial charge in [0.15, 0.2) is 0 Å². The second kappa shape index (κ2) is 29.1. The summed E-state index contributed by atoms with van der Waals surface area (Å²) in [5, 5.41) is 0. The lowest BCUT2D eigenvalue weighted by atomic mass is 9.95. The van der Waals surface area contributed by atoms with E-state index in [-0.39, 0.29) is 0 Å². The van der Waals surface area contributed by atoms with E-state index in [0.29, 0.717) is 9.49 Å². The Bertz CT molecular complexity index is 404. The minimum atomic E-state index is 0.453. The average molecular weight is 603 g/mol. The third kappa shape index (κ3) is 26.4. The van der Waals surface area contributed by atoms with Crippen LogP contribution in [-0.4, -0.2) is 9.49 Å². The van der Waals surface area contributed by atoms with Crippen molar-refractivity contribution in [2.45, 2.75) is 231 Å². The fourth-order valence-corrected chi connectivity index (χ4v) is 12.3. The highest BCUT2D eigenvalue weighted by atomic mass is 33.5. The van der Waals surface area contributed by atoms with Gasteiger partial charge >= 0.3 is 0 Å².